The quantitative estimate of drug-likeness (QED) is 0.702. The van der Waals surface area contributed by atoms with Crippen molar-refractivity contribution in [2.75, 3.05) is 0 Å². The Morgan fingerprint density at radius 2 is 1.85 bits per heavy atom. The molecule has 2 aromatic heterocycles. The van der Waals surface area contributed by atoms with Crippen molar-refractivity contribution in [3.8, 4) is 0 Å². The minimum atomic E-state index is -0.0473. The highest BCUT2D eigenvalue weighted by Gasteiger charge is 2.45. The van der Waals surface area contributed by atoms with Crippen LogP contribution in [0.4, 0.5) is 0 Å². The second-order valence-corrected chi connectivity index (χ2v) is 8.79. The Labute approximate surface area is 164 Å². The van der Waals surface area contributed by atoms with Gasteiger partial charge in [0.25, 0.3) is 5.91 Å². The molecule has 5 heteroatoms. The Hall–Kier alpha value is -1.36. The van der Waals surface area contributed by atoms with Crippen LogP contribution in [0.3, 0.4) is 0 Å². The van der Waals surface area contributed by atoms with Crippen molar-refractivity contribution >= 4 is 27.4 Å². The van der Waals surface area contributed by atoms with Crippen LogP contribution in [0.2, 0.25) is 0 Å². The number of rotatable bonds is 2. The largest absolute Gasteiger partial charge is 0.345 e. The van der Waals surface area contributed by atoms with Gasteiger partial charge in [-0.1, -0.05) is 33.8 Å². The molecule has 0 aromatic carbocycles. The Balaban J connectivity index is 0.000000948. The highest BCUT2D eigenvalue weighted by atomic mass is 79.9. The predicted octanol–water partition coefficient (Wildman–Crippen LogP) is 5.46. The Kier molecular flexibility index (Phi) is 5.75. The normalized spacial score (nSPS) is 30.4. The molecule has 2 aliphatic rings. The van der Waals surface area contributed by atoms with E-state index in [4.69, 9.17) is 0 Å². The number of carbonyl (C=O) groups is 1. The van der Waals surface area contributed by atoms with Gasteiger partial charge in [0.05, 0.1) is 5.52 Å². The summed E-state index contributed by atoms with van der Waals surface area (Å²) >= 11 is 3.45. The maximum atomic E-state index is 13.0. The van der Waals surface area contributed by atoms with Crippen LogP contribution in [0.15, 0.2) is 29.1 Å². The molecular weight excluding hydrogens is 390 g/mol. The maximum Gasteiger partial charge on any atom is 0.272 e. The molecule has 1 N–H and O–H groups in total. The summed E-state index contributed by atoms with van der Waals surface area (Å²) in [6.07, 6.45) is 7.84. The number of halogens is 1. The average molecular weight is 420 g/mol. The van der Waals surface area contributed by atoms with Crippen LogP contribution in [-0.2, 0) is 0 Å². The lowest BCUT2D eigenvalue weighted by molar-refractivity contribution is 0.0475. The first kappa shape index (κ1) is 19.4. The predicted molar refractivity (Wildman–Crippen MR) is 109 cm³/mol. The van der Waals surface area contributed by atoms with Crippen molar-refractivity contribution in [2.45, 2.75) is 65.3 Å². The van der Waals surface area contributed by atoms with Gasteiger partial charge in [-0.05, 0) is 77.9 Å². The van der Waals surface area contributed by atoms with Gasteiger partial charge in [-0.15, -0.1) is 0 Å². The third-order valence-electron chi connectivity index (χ3n) is 5.73. The Morgan fingerprint density at radius 1 is 1.19 bits per heavy atom. The van der Waals surface area contributed by atoms with Crippen LogP contribution in [0.25, 0.3) is 5.52 Å². The number of amides is 1. The van der Waals surface area contributed by atoms with E-state index in [9.17, 15) is 4.79 Å². The van der Waals surface area contributed by atoms with E-state index >= 15 is 0 Å². The number of carbonyl (C=O) groups excluding carboxylic acids is 1. The van der Waals surface area contributed by atoms with Crippen molar-refractivity contribution in [1.82, 2.24) is 14.7 Å². The molecule has 26 heavy (non-hydrogen) atoms. The smallest absolute Gasteiger partial charge is 0.272 e. The van der Waals surface area contributed by atoms with E-state index in [-0.39, 0.29) is 11.4 Å². The first-order chi connectivity index (χ1) is 12.5. The fourth-order valence-corrected chi connectivity index (χ4v) is 5.81. The van der Waals surface area contributed by atoms with Gasteiger partial charge in [-0.2, -0.15) is 0 Å². The van der Waals surface area contributed by atoms with Crippen molar-refractivity contribution in [1.29, 1.82) is 0 Å². The number of fused-ring (bicyclic) bond motifs is 3. The van der Waals surface area contributed by atoms with E-state index in [0.717, 1.165) is 30.7 Å². The van der Waals surface area contributed by atoms with Crippen molar-refractivity contribution in [2.24, 2.45) is 17.8 Å². The van der Waals surface area contributed by atoms with Crippen molar-refractivity contribution in [3.05, 3.63) is 34.8 Å². The fourth-order valence-electron chi connectivity index (χ4n) is 5.32. The van der Waals surface area contributed by atoms with Gasteiger partial charge in [0, 0.05) is 11.7 Å². The van der Waals surface area contributed by atoms with Crippen molar-refractivity contribution < 1.29 is 4.79 Å². The topological polar surface area (TPSA) is 46.4 Å². The van der Waals surface area contributed by atoms with Gasteiger partial charge in [-0.25, -0.2) is 4.98 Å². The zero-order valence-electron chi connectivity index (χ0n) is 16.3. The van der Waals surface area contributed by atoms with Crippen LogP contribution in [0, 0.1) is 17.8 Å². The molecule has 4 rings (SSSR count). The van der Waals surface area contributed by atoms with Gasteiger partial charge in [0.15, 0.2) is 10.4 Å². The summed E-state index contributed by atoms with van der Waals surface area (Å²) in [7, 11) is 0. The summed E-state index contributed by atoms with van der Waals surface area (Å²) in [5.74, 6) is 2.08. The SMILES string of the molecule is CC.CC1CC2CC(C)CC(NC(=O)c3nc(Br)n4ccccc34)(C1)C2. The standard InChI is InChI=1S/C19H24BrN3O.C2H6/c1-12-7-14-8-13(2)10-19(9-12,11-14)22-17(24)16-15-5-3-4-6-23(15)18(20)21-16;1-2/h3-6,12-14H,7-11H2,1-2H3,(H,22,24);1-2H3. The highest BCUT2D eigenvalue weighted by Crippen LogP contribution is 2.47. The van der Waals surface area contributed by atoms with Gasteiger partial charge in [0.2, 0.25) is 0 Å². The molecule has 0 radical (unpaired) electrons. The molecule has 2 aromatic rings. The lowest BCUT2D eigenvalue weighted by Gasteiger charge is -2.50. The lowest BCUT2D eigenvalue weighted by atomic mass is 9.61. The molecule has 4 nitrogen and oxygen atoms in total. The maximum absolute atomic E-state index is 13.0. The summed E-state index contributed by atoms with van der Waals surface area (Å²) in [5.41, 5.74) is 1.32. The molecule has 2 aliphatic carbocycles. The van der Waals surface area contributed by atoms with E-state index < -0.39 is 0 Å². The molecule has 2 bridgehead atoms. The van der Waals surface area contributed by atoms with E-state index in [0.29, 0.717) is 22.3 Å². The zero-order chi connectivity index (χ0) is 18.9. The molecule has 0 saturated heterocycles. The summed E-state index contributed by atoms with van der Waals surface area (Å²) in [6.45, 7) is 8.65. The molecule has 1 amide bonds. The summed E-state index contributed by atoms with van der Waals surface area (Å²) in [5, 5.41) is 3.41. The van der Waals surface area contributed by atoms with Gasteiger partial charge >= 0.3 is 0 Å². The molecule has 2 unspecified atom stereocenters. The van der Waals surface area contributed by atoms with E-state index in [2.05, 4.69) is 40.1 Å². The second kappa shape index (κ2) is 7.71. The molecule has 2 heterocycles. The van der Waals surface area contributed by atoms with Crippen LogP contribution in [-0.4, -0.2) is 20.8 Å². The van der Waals surface area contributed by atoms with Crippen LogP contribution < -0.4 is 5.32 Å². The minimum absolute atomic E-state index is 0.0358. The zero-order valence-corrected chi connectivity index (χ0v) is 17.8. The summed E-state index contributed by atoms with van der Waals surface area (Å²) in [6, 6.07) is 5.83. The lowest BCUT2D eigenvalue weighted by Crippen LogP contribution is -2.56. The summed E-state index contributed by atoms with van der Waals surface area (Å²) in [4.78, 5) is 17.5. The Bertz CT molecular complexity index is 765. The third kappa shape index (κ3) is 3.68. The van der Waals surface area contributed by atoms with Crippen LogP contribution >= 0.6 is 15.9 Å². The van der Waals surface area contributed by atoms with Crippen LogP contribution in [0.5, 0.6) is 0 Å². The van der Waals surface area contributed by atoms with E-state index in [1.54, 1.807) is 0 Å². The van der Waals surface area contributed by atoms with Crippen LogP contribution in [0.1, 0.15) is 70.3 Å². The number of aromatic nitrogens is 2. The number of hydrogen-bond acceptors (Lipinski definition) is 2. The van der Waals surface area contributed by atoms with Crippen molar-refractivity contribution in [3.63, 3.8) is 0 Å². The average Bonchev–Trinajstić information content (AvgIpc) is 2.92. The number of nitrogens with zero attached hydrogens (tertiary/aromatic N) is 2. The highest BCUT2D eigenvalue weighted by molar-refractivity contribution is 9.10. The third-order valence-corrected chi connectivity index (χ3v) is 6.29. The molecule has 0 spiro atoms. The van der Waals surface area contributed by atoms with E-state index in [1.165, 1.54) is 12.8 Å². The monoisotopic (exact) mass is 419 g/mol. The van der Waals surface area contributed by atoms with Gasteiger partial charge in [-0.3, -0.25) is 9.20 Å². The molecule has 142 valence electrons. The molecular formula is C21H30BrN3O. The first-order valence-electron chi connectivity index (χ1n) is 9.91. The number of hydrogen-bond donors (Lipinski definition) is 1. The number of imidazole rings is 1. The van der Waals surface area contributed by atoms with E-state index in [1.807, 2.05) is 42.6 Å². The fraction of sp³-hybridized carbons (Fsp3) is 0.619. The minimum Gasteiger partial charge on any atom is -0.345 e. The second-order valence-electron chi connectivity index (χ2n) is 8.08. The van der Waals surface area contributed by atoms with Gasteiger partial charge < -0.3 is 5.32 Å². The molecule has 2 atom stereocenters. The molecule has 0 aliphatic heterocycles. The summed E-state index contributed by atoms with van der Waals surface area (Å²) < 4.78 is 2.58. The Morgan fingerprint density at radius 3 is 2.50 bits per heavy atom. The van der Waals surface area contributed by atoms with Gasteiger partial charge in [0.1, 0.15) is 0 Å². The first-order valence-corrected chi connectivity index (χ1v) is 10.7. The molecule has 2 saturated carbocycles. The number of nitrogens with one attached hydrogen (secondary N) is 1. The number of pyridine rings is 1. The molecule has 2 fully saturated rings.